The molecule has 8 atom stereocenters. The Balaban J connectivity index is 1.14. The molecule has 2 aromatic carbocycles. The molecule has 4 heterocycles. The second kappa shape index (κ2) is 17.8. The lowest BCUT2D eigenvalue weighted by Gasteiger charge is -2.24. The highest BCUT2D eigenvalue weighted by molar-refractivity contribution is 6.22. The predicted molar refractivity (Wildman–Crippen MR) is 186 cm³/mol. The fourth-order valence-electron chi connectivity index (χ4n) is 8.13. The van der Waals surface area contributed by atoms with Crippen molar-refractivity contribution in [1.82, 2.24) is 4.90 Å². The van der Waals surface area contributed by atoms with Gasteiger partial charge in [0.1, 0.15) is 0 Å². The van der Waals surface area contributed by atoms with Crippen molar-refractivity contribution in [3.8, 4) is 0 Å². The molecule has 0 aliphatic carbocycles. The Morgan fingerprint density at radius 1 is 0.569 bits per heavy atom. The molecule has 51 heavy (non-hydrogen) atoms. The van der Waals surface area contributed by atoms with Crippen LogP contribution >= 0.6 is 0 Å². The molecule has 0 bridgehead atoms. The first-order valence-corrected chi connectivity index (χ1v) is 18.3. The van der Waals surface area contributed by atoms with Crippen molar-refractivity contribution in [1.29, 1.82) is 0 Å². The van der Waals surface area contributed by atoms with Crippen LogP contribution in [0.4, 0.5) is 5.69 Å². The molecule has 4 saturated heterocycles. The summed E-state index contributed by atoms with van der Waals surface area (Å²) in [6, 6.07) is 19.0. The highest BCUT2D eigenvalue weighted by Crippen LogP contribution is 2.47. The number of para-hydroxylation sites is 1. The molecule has 0 aromatic heterocycles. The summed E-state index contributed by atoms with van der Waals surface area (Å²) in [6.07, 6.45) is 0.618. The van der Waals surface area contributed by atoms with E-state index >= 15 is 0 Å². The number of imide groups is 2. The number of fused-ring (bicyclic) bond motifs is 2. The van der Waals surface area contributed by atoms with E-state index in [9.17, 15) is 19.2 Å². The summed E-state index contributed by atoms with van der Waals surface area (Å²) in [7, 11) is 1.61. The van der Waals surface area contributed by atoms with E-state index in [2.05, 4.69) is 0 Å². The Morgan fingerprint density at radius 2 is 1.08 bits per heavy atom. The van der Waals surface area contributed by atoms with Gasteiger partial charge in [-0.2, -0.15) is 0 Å². The summed E-state index contributed by atoms with van der Waals surface area (Å²) in [4.78, 5) is 58.1. The van der Waals surface area contributed by atoms with Gasteiger partial charge in [-0.05, 0) is 56.7 Å². The summed E-state index contributed by atoms with van der Waals surface area (Å²) >= 11 is 0. The van der Waals surface area contributed by atoms with Crippen LogP contribution in [0.5, 0.6) is 0 Å². The molecule has 0 saturated carbocycles. The Kier molecular flexibility index (Phi) is 13.0. The van der Waals surface area contributed by atoms with Gasteiger partial charge in [-0.3, -0.25) is 24.1 Å². The van der Waals surface area contributed by atoms with Gasteiger partial charge >= 0.3 is 0 Å². The Bertz CT molecular complexity index is 1470. The zero-order chi connectivity index (χ0) is 35.7. The SMILES string of the molecule is CCOCCC1OC(CCC2OC(CCc3ccccc3)[C@@H]3C(=O)N(CCOCCOCCOC)C(=O)[C@H]23)[C@@H]2C(=O)N(c3ccccc3)C(=O)[C@H]12. The van der Waals surface area contributed by atoms with Crippen molar-refractivity contribution in [2.45, 2.75) is 63.4 Å². The number of amides is 4. The second-order valence-corrected chi connectivity index (χ2v) is 13.5. The fraction of sp³-hybridized carbons (Fsp3) is 0.590. The van der Waals surface area contributed by atoms with Gasteiger partial charge in [0.15, 0.2) is 0 Å². The normalized spacial score (nSPS) is 28.7. The Hall–Kier alpha value is -3.52. The number of carbonyl (C=O) groups is 4. The van der Waals surface area contributed by atoms with Crippen molar-refractivity contribution in [2.75, 3.05) is 64.8 Å². The molecule has 0 spiro atoms. The number of ether oxygens (including phenoxy) is 6. The quantitative estimate of drug-likeness (QED) is 0.149. The molecule has 4 fully saturated rings. The molecule has 12 nitrogen and oxygen atoms in total. The number of likely N-dealkylation sites (tertiary alicyclic amines) is 1. The first-order chi connectivity index (χ1) is 24.9. The number of carbonyl (C=O) groups excluding carboxylic acids is 4. The van der Waals surface area contributed by atoms with Crippen LogP contribution in [-0.4, -0.2) is 113 Å². The average molecular weight is 707 g/mol. The van der Waals surface area contributed by atoms with E-state index in [0.717, 1.165) is 5.56 Å². The van der Waals surface area contributed by atoms with Crippen LogP contribution in [0, 0.1) is 23.7 Å². The van der Waals surface area contributed by atoms with Crippen LogP contribution in [-0.2, 0) is 54.0 Å². The number of methoxy groups -OCH3 is 1. The highest BCUT2D eigenvalue weighted by Gasteiger charge is 2.62. The maximum atomic E-state index is 13.9. The van der Waals surface area contributed by atoms with Crippen LogP contribution in [0.15, 0.2) is 60.7 Å². The van der Waals surface area contributed by atoms with Crippen molar-refractivity contribution < 1.29 is 47.6 Å². The second-order valence-electron chi connectivity index (χ2n) is 13.5. The van der Waals surface area contributed by atoms with Gasteiger partial charge in [0.25, 0.3) is 0 Å². The van der Waals surface area contributed by atoms with E-state index in [1.807, 2.05) is 43.3 Å². The lowest BCUT2D eigenvalue weighted by atomic mass is 9.83. The summed E-state index contributed by atoms with van der Waals surface area (Å²) in [6.45, 7) is 4.93. The zero-order valence-electron chi connectivity index (χ0n) is 29.6. The minimum absolute atomic E-state index is 0.157. The molecule has 6 rings (SSSR count). The van der Waals surface area contributed by atoms with Gasteiger partial charge in [-0.1, -0.05) is 48.5 Å². The molecule has 4 aliphatic heterocycles. The molecule has 4 unspecified atom stereocenters. The summed E-state index contributed by atoms with van der Waals surface area (Å²) < 4.78 is 34.7. The lowest BCUT2D eigenvalue weighted by Crippen LogP contribution is -2.39. The summed E-state index contributed by atoms with van der Waals surface area (Å²) in [5.74, 6) is -3.50. The van der Waals surface area contributed by atoms with Crippen molar-refractivity contribution in [3.63, 3.8) is 0 Å². The number of hydrogen-bond donors (Lipinski definition) is 0. The van der Waals surface area contributed by atoms with Crippen LogP contribution in [0.1, 0.15) is 38.2 Å². The van der Waals surface area contributed by atoms with Gasteiger partial charge in [-0.15, -0.1) is 0 Å². The van der Waals surface area contributed by atoms with Crippen molar-refractivity contribution in [3.05, 3.63) is 66.2 Å². The van der Waals surface area contributed by atoms with E-state index in [-0.39, 0.29) is 36.8 Å². The topological polar surface area (TPSA) is 130 Å². The third kappa shape index (κ3) is 8.27. The first kappa shape index (κ1) is 37.2. The van der Waals surface area contributed by atoms with E-state index in [1.54, 1.807) is 31.4 Å². The van der Waals surface area contributed by atoms with Gasteiger partial charge in [-0.25, -0.2) is 4.90 Å². The maximum absolute atomic E-state index is 13.9. The smallest absolute Gasteiger partial charge is 0.240 e. The van der Waals surface area contributed by atoms with Gasteiger partial charge in [0.05, 0.1) is 93.4 Å². The molecule has 2 aromatic rings. The summed E-state index contributed by atoms with van der Waals surface area (Å²) in [5.41, 5.74) is 1.68. The lowest BCUT2D eigenvalue weighted by molar-refractivity contribution is -0.145. The number of aryl methyl sites for hydroxylation is 1. The largest absolute Gasteiger partial charge is 0.382 e. The fourth-order valence-corrected chi connectivity index (χ4v) is 8.13. The Labute approximate surface area is 299 Å². The van der Waals surface area contributed by atoms with Gasteiger partial charge < -0.3 is 28.4 Å². The van der Waals surface area contributed by atoms with Gasteiger partial charge in [0, 0.05) is 20.3 Å². The molecule has 276 valence electrons. The zero-order valence-corrected chi connectivity index (χ0v) is 29.6. The standard InChI is InChI=1S/C39H50N2O10/c1-3-47-20-18-31-35-34(38(44)41(39(35)45)27-12-8-5-9-13-27)30(51-31)17-16-29-33-32(28(50-29)15-14-26-10-6-4-7-11-26)36(42)40(37(33)43)19-21-48-24-25-49-23-22-46-2/h4-13,28-35H,3,14-25H2,1-2H3/t28?,29?,30?,31?,32-,33+,34-,35+/m0/s1. The predicted octanol–water partition coefficient (Wildman–Crippen LogP) is 3.45. The minimum Gasteiger partial charge on any atom is -0.382 e. The molecular weight excluding hydrogens is 656 g/mol. The molecule has 0 N–H and O–H groups in total. The Morgan fingerprint density at radius 3 is 1.67 bits per heavy atom. The van der Waals surface area contributed by atoms with Crippen LogP contribution in [0.2, 0.25) is 0 Å². The number of hydrogen-bond acceptors (Lipinski definition) is 10. The third-order valence-corrected chi connectivity index (χ3v) is 10.5. The van der Waals surface area contributed by atoms with Crippen molar-refractivity contribution >= 4 is 29.3 Å². The molecule has 0 radical (unpaired) electrons. The number of nitrogens with zero attached hydrogens (tertiary/aromatic N) is 2. The van der Waals surface area contributed by atoms with Crippen LogP contribution in [0.25, 0.3) is 0 Å². The number of benzene rings is 2. The van der Waals surface area contributed by atoms with Gasteiger partial charge in [0.2, 0.25) is 23.6 Å². The number of anilines is 1. The van der Waals surface area contributed by atoms with Crippen molar-refractivity contribution in [2.24, 2.45) is 23.7 Å². The first-order valence-electron chi connectivity index (χ1n) is 18.3. The highest BCUT2D eigenvalue weighted by atomic mass is 16.5. The van der Waals surface area contributed by atoms with Crippen LogP contribution < -0.4 is 4.90 Å². The minimum atomic E-state index is -0.650. The molecule has 4 amide bonds. The molecule has 4 aliphatic rings. The maximum Gasteiger partial charge on any atom is 0.240 e. The average Bonchev–Trinajstić information content (AvgIpc) is 3.84. The van der Waals surface area contributed by atoms with Crippen LogP contribution in [0.3, 0.4) is 0 Å². The van der Waals surface area contributed by atoms with E-state index in [1.165, 1.54) is 9.80 Å². The molecular formula is C39H50N2O10. The number of rotatable bonds is 20. The van der Waals surface area contributed by atoms with E-state index in [0.29, 0.717) is 77.4 Å². The van der Waals surface area contributed by atoms with E-state index in [4.69, 9.17) is 28.4 Å². The third-order valence-electron chi connectivity index (χ3n) is 10.5. The summed E-state index contributed by atoms with van der Waals surface area (Å²) in [5, 5.41) is 0. The molecule has 12 heteroatoms. The monoisotopic (exact) mass is 706 g/mol. The van der Waals surface area contributed by atoms with E-state index < -0.39 is 48.1 Å².